The molecule has 0 aliphatic carbocycles. The van der Waals surface area contributed by atoms with Crippen molar-refractivity contribution in [3.63, 3.8) is 0 Å². The average Bonchev–Trinajstić information content (AvgIpc) is 2.43. The van der Waals surface area contributed by atoms with Crippen molar-refractivity contribution in [1.29, 1.82) is 0 Å². The summed E-state index contributed by atoms with van der Waals surface area (Å²) in [5.74, 6) is 0.876. The molecule has 0 spiro atoms. The Morgan fingerprint density at radius 1 is 1.40 bits per heavy atom. The number of halogens is 2. The smallest absolute Gasteiger partial charge is 0.224 e. The van der Waals surface area contributed by atoms with E-state index >= 15 is 0 Å². The summed E-state index contributed by atoms with van der Waals surface area (Å²) >= 11 is 13.3. The fraction of sp³-hybridized carbons (Fsp3) is 0. The van der Waals surface area contributed by atoms with Crippen LogP contribution in [0, 0.1) is 4.77 Å². The summed E-state index contributed by atoms with van der Waals surface area (Å²) < 4.78 is 2.19. The van der Waals surface area contributed by atoms with Crippen LogP contribution < -0.4 is 5.73 Å². The van der Waals surface area contributed by atoms with Gasteiger partial charge in [0.1, 0.15) is 5.82 Å². The molecule has 8 heteroatoms. The van der Waals surface area contributed by atoms with Crippen molar-refractivity contribution in [3.05, 3.63) is 18.4 Å². The highest BCUT2D eigenvalue weighted by Crippen LogP contribution is 2.36. The zero-order chi connectivity index (χ0) is 11.0. The number of hydrogen-bond donors (Lipinski definition) is 2. The first-order valence-electron chi connectivity index (χ1n) is 3.75. The fourth-order valence-corrected chi connectivity index (χ4v) is 4.02. The highest BCUT2D eigenvalue weighted by Gasteiger charge is 2.10. The van der Waals surface area contributed by atoms with Gasteiger partial charge in [-0.15, -0.1) is 11.3 Å². The molecule has 0 saturated carbocycles. The van der Waals surface area contributed by atoms with E-state index in [0.717, 1.165) is 13.1 Å². The van der Waals surface area contributed by atoms with Crippen LogP contribution >= 0.6 is 55.4 Å². The van der Waals surface area contributed by atoms with E-state index in [1.54, 1.807) is 11.3 Å². The number of nitrogens with two attached hydrogens (primary N) is 1. The normalized spacial score (nSPS) is 10.5. The minimum absolute atomic E-state index is 0.232. The minimum Gasteiger partial charge on any atom is -0.369 e. The largest absolute Gasteiger partial charge is 0.369 e. The summed E-state index contributed by atoms with van der Waals surface area (Å²) in [6, 6.07) is 1.93. The molecule has 0 saturated heterocycles. The van der Waals surface area contributed by atoms with E-state index in [9.17, 15) is 0 Å². The Morgan fingerprint density at radius 2 is 2.13 bits per heavy atom. The summed E-state index contributed by atoms with van der Waals surface area (Å²) in [7, 11) is 0. The Kier molecular flexibility index (Phi) is 3.19. The second kappa shape index (κ2) is 4.28. The van der Waals surface area contributed by atoms with Gasteiger partial charge in [0.05, 0.1) is 7.57 Å². The number of nitrogen functional groups attached to an aromatic ring is 1. The molecule has 2 rings (SSSR count). The number of anilines is 1. The van der Waals surface area contributed by atoms with Crippen molar-refractivity contribution in [3.8, 4) is 11.4 Å². The van der Waals surface area contributed by atoms with Crippen molar-refractivity contribution >= 4 is 61.4 Å². The van der Waals surface area contributed by atoms with Crippen LogP contribution in [0.4, 0.5) is 5.95 Å². The first-order chi connectivity index (χ1) is 7.06. The third-order valence-corrected chi connectivity index (χ3v) is 4.10. The Labute approximate surface area is 111 Å². The topological polar surface area (TPSA) is 67.6 Å². The van der Waals surface area contributed by atoms with Crippen molar-refractivity contribution in [2.24, 2.45) is 0 Å². The van der Waals surface area contributed by atoms with Crippen molar-refractivity contribution in [1.82, 2.24) is 15.0 Å². The molecule has 2 aromatic heterocycles. The molecular weight excluding hydrogens is 364 g/mol. The molecule has 0 aliphatic heterocycles. The molecule has 0 aromatic carbocycles. The van der Waals surface area contributed by atoms with Crippen LogP contribution in [0.25, 0.3) is 11.4 Å². The van der Waals surface area contributed by atoms with E-state index in [0.29, 0.717) is 5.82 Å². The summed E-state index contributed by atoms with van der Waals surface area (Å²) in [4.78, 5) is 10.8. The Hall–Kier alpha value is -0.310. The molecule has 0 aliphatic rings. The fourth-order valence-electron chi connectivity index (χ4n) is 1.03. The summed E-state index contributed by atoms with van der Waals surface area (Å²) in [6.07, 6.45) is 0. The zero-order valence-electron chi connectivity index (χ0n) is 7.12. The van der Waals surface area contributed by atoms with E-state index in [1.165, 1.54) is 0 Å². The van der Waals surface area contributed by atoms with E-state index in [-0.39, 0.29) is 10.7 Å². The van der Waals surface area contributed by atoms with Gasteiger partial charge in [0.2, 0.25) is 10.7 Å². The Morgan fingerprint density at radius 3 is 2.67 bits per heavy atom. The second-order valence-electron chi connectivity index (χ2n) is 2.60. The van der Waals surface area contributed by atoms with Gasteiger partial charge in [0.25, 0.3) is 0 Å². The number of aromatic nitrogens is 3. The van der Waals surface area contributed by atoms with Crippen LogP contribution in [0.5, 0.6) is 0 Å². The zero-order valence-corrected chi connectivity index (χ0v) is 11.9. The molecule has 0 unspecified atom stereocenters. The first-order valence-corrected chi connectivity index (χ1v) is 6.56. The summed E-state index contributed by atoms with van der Waals surface area (Å²) in [5.41, 5.74) is 6.47. The first kappa shape index (κ1) is 11.2. The van der Waals surface area contributed by atoms with Gasteiger partial charge in [0.15, 0.2) is 0 Å². The number of hydrogen-bond acceptors (Lipinski definition) is 5. The van der Waals surface area contributed by atoms with Gasteiger partial charge in [-0.3, -0.25) is 0 Å². The van der Waals surface area contributed by atoms with Gasteiger partial charge in [-0.05, 0) is 50.1 Å². The van der Waals surface area contributed by atoms with Gasteiger partial charge >= 0.3 is 0 Å². The predicted octanol–water partition coefficient (Wildman–Crippen LogP) is 3.37. The SMILES string of the molecule is Nc1nc(=S)nc(-c2cc(Br)sc2Br)[nH]1. The highest BCUT2D eigenvalue weighted by atomic mass is 79.9. The molecule has 78 valence electrons. The lowest BCUT2D eigenvalue weighted by Crippen LogP contribution is -1.99. The van der Waals surface area contributed by atoms with Crippen molar-refractivity contribution in [2.75, 3.05) is 5.73 Å². The standard InChI is InChI=1S/C7H4Br2N4S2/c8-3-1-2(4(9)15-3)5-11-6(10)13-7(14)12-5/h1H,(H3,10,11,12,13,14). The van der Waals surface area contributed by atoms with Crippen LogP contribution in [0.1, 0.15) is 0 Å². The van der Waals surface area contributed by atoms with Crippen LogP contribution in [0.3, 0.4) is 0 Å². The van der Waals surface area contributed by atoms with Gasteiger partial charge in [-0.1, -0.05) is 0 Å². The average molecular weight is 368 g/mol. The molecule has 0 radical (unpaired) electrons. The van der Waals surface area contributed by atoms with Crippen LogP contribution in [-0.2, 0) is 0 Å². The second-order valence-corrected chi connectivity index (χ2v) is 6.72. The minimum atomic E-state index is 0.232. The predicted molar refractivity (Wildman–Crippen MR) is 70.3 cm³/mol. The quantitative estimate of drug-likeness (QED) is 0.758. The van der Waals surface area contributed by atoms with Crippen molar-refractivity contribution in [2.45, 2.75) is 0 Å². The molecule has 15 heavy (non-hydrogen) atoms. The van der Waals surface area contributed by atoms with Crippen LogP contribution in [0.15, 0.2) is 13.6 Å². The third-order valence-electron chi connectivity index (χ3n) is 1.58. The van der Waals surface area contributed by atoms with Gasteiger partial charge in [0, 0.05) is 5.56 Å². The van der Waals surface area contributed by atoms with E-state index in [4.69, 9.17) is 18.0 Å². The lowest BCUT2D eigenvalue weighted by Gasteiger charge is -1.99. The number of H-pyrrole nitrogens is 1. The number of aromatic amines is 1. The van der Waals surface area contributed by atoms with E-state index < -0.39 is 0 Å². The number of nitrogens with one attached hydrogen (secondary N) is 1. The molecule has 0 bridgehead atoms. The Balaban J connectivity index is 2.63. The van der Waals surface area contributed by atoms with Gasteiger partial charge in [-0.2, -0.15) is 4.98 Å². The Bertz CT molecular complexity index is 562. The molecule has 2 aromatic rings. The number of thiophene rings is 1. The maximum Gasteiger partial charge on any atom is 0.224 e. The van der Waals surface area contributed by atoms with E-state index in [2.05, 4.69) is 46.8 Å². The molecule has 0 fully saturated rings. The summed E-state index contributed by atoms with van der Waals surface area (Å²) in [5, 5.41) is 0. The molecule has 0 amide bonds. The molecule has 4 nitrogen and oxygen atoms in total. The highest BCUT2D eigenvalue weighted by molar-refractivity contribution is 9.12. The van der Waals surface area contributed by atoms with Gasteiger partial charge in [-0.25, -0.2) is 4.98 Å². The molecule has 0 atom stereocenters. The molecule has 3 N–H and O–H groups in total. The van der Waals surface area contributed by atoms with E-state index in [1.807, 2.05) is 6.07 Å². The third kappa shape index (κ3) is 2.44. The van der Waals surface area contributed by atoms with Gasteiger partial charge < -0.3 is 10.7 Å². The maximum atomic E-state index is 5.56. The lowest BCUT2D eigenvalue weighted by atomic mass is 10.3. The molecule has 2 heterocycles. The van der Waals surface area contributed by atoms with Crippen LogP contribution in [0.2, 0.25) is 0 Å². The number of rotatable bonds is 1. The maximum absolute atomic E-state index is 5.56. The van der Waals surface area contributed by atoms with Crippen molar-refractivity contribution < 1.29 is 0 Å². The monoisotopic (exact) mass is 366 g/mol. The molecular formula is C7H4Br2N4S2. The lowest BCUT2D eigenvalue weighted by molar-refractivity contribution is 1.05. The van der Waals surface area contributed by atoms with Crippen LogP contribution in [-0.4, -0.2) is 15.0 Å². The summed E-state index contributed by atoms with van der Waals surface area (Å²) in [6.45, 7) is 0. The number of nitrogens with zero attached hydrogens (tertiary/aromatic N) is 2.